The van der Waals surface area contributed by atoms with Gasteiger partial charge in [0.15, 0.2) is 0 Å². The van der Waals surface area contributed by atoms with E-state index >= 15 is 0 Å². The Hall–Kier alpha value is -2.86. The van der Waals surface area contributed by atoms with E-state index in [9.17, 15) is 14.4 Å². The van der Waals surface area contributed by atoms with Gasteiger partial charge in [-0.3, -0.25) is 14.4 Å². The summed E-state index contributed by atoms with van der Waals surface area (Å²) in [6, 6.07) is 14.8. The molecule has 1 aliphatic heterocycles. The number of carbonyl (C=O) groups excluding carboxylic acids is 3. The van der Waals surface area contributed by atoms with Crippen LogP contribution in [0.2, 0.25) is 5.02 Å². The van der Waals surface area contributed by atoms with Crippen LogP contribution in [-0.4, -0.2) is 41.8 Å². The molecular formula is C25H30ClN3O3. The predicted octanol–water partition coefficient (Wildman–Crippen LogP) is 4.29. The fourth-order valence-corrected chi connectivity index (χ4v) is 4.01. The van der Waals surface area contributed by atoms with E-state index in [0.717, 1.165) is 12.0 Å². The molecule has 0 radical (unpaired) electrons. The van der Waals surface area contributed by atoms with Crippen LogP contribution in [0.5, 0.6) is 0 Å². The standard InChI is InChI=1S/C25H30ClN3O3/c1-17(2)27-25(32)21-10-9-20(26)16-22(21)28-24(31)19-12-14-29(15-13-19)23(30)11-8-18-6-4-3-5-7-18/h3-7,9-10,16-17,19H,8,11-15H2,1-2H3,(H,27,32)(H,28,31). The minimum atomic E-state index is -0.259. The smallest absolute Gasteiger partial charge is 0.253 e. The minimum Gasteiger partial charge on any atom is -0.350 e. The Bertz CT molecular complexity index is 954. The van der Waals surface area contributed by atoms with Gasteiger partial charge in [0, 0.05) is 36.5 Å². The van der Waals surface area contributed by atoms with Crippen LogP contribution >= 0.6 is 11.6 Å². The van der Waals surface area contributed by atoms with E-state index in [1.165, 1.54) is 0 Å². The first-order valence-corrected chi connectivity index (χ1v) is 11.4. The summed E-state index contributed by atoms with van der Waals surface area (Å²) in [6.45, 7) is 4.87. The fourth-order valence-electron chi connectivity index (χ4n) is 3.84. The van der Waals surface area contributed by atoms with Gasteiger partial charge in [0.1, 0.15) is 0 Å². The first-order chi connectivity index (χ1) is 15.3. The third kappa shape index (κ3) is 6.57. The molecule has 1 heterocycles. The normalized spacial score (nSPS) is 14.3. The lowest BCUT2D eigenvalue weighted by Crippen LogP contribution is -2.41. The zero-order valence-corrected chi connectivity index (χ0v) is 19.3. The van der Waals surface area contributed by atoms with Crippen LogP contribution in [0.1, 0.15) is 49.0 Å². The van der Waals surface area contributed by atoms with Gasteiger partial charge in [0.05, 0.1) is 11.3 Å². The van der Waals surface area contributed by atoms with Gasteiger partial charge in [-0.25, -0.2) is 0 Å². The Morgan fingerprint density at radius 1 is 1.06 bits per heavy atom. The highest BCUT2D eigenvalue weighted by atomic mass is 35.5. The predicted molar refractivity (Wildman–Crippen MR) is 127 cm³/mol. The van der Waals surface area contributed by atoms with Crippen molar-refractivity contribution in [2.45, 2.75) is 45.6 Å². The maximum Gasteiger partial charge on any atom is 0.253 e. The molecule has 0 unspecified atom stereocenters. The number of amides is 3. The van der Waals surface area contributed by atoms with Gasteiger partial charge in [0.2, 0.25) is 11.8 Å². The summed E-state index contributed by atoms with van der Waals surface area (Å²) in [5, 5.41) is 6.16. The molecule has 0 saturated carbocycles. The Morgan fingerprint density at radius 3 is 2.41 bits per heavy atom. The summed E-state index contributed by atoms with van der Waals surface area (Å²) >= 11 is 6.10. The van der Waals surface area contributed by atoms with Crippen LogP contribution in [-0.2, 0) is 16.0 Å². The number of hydrogen-bond donors (Lipinski definition) is 2. The summed E-state index contributed by atoms with van der Waals surface area (Å²) in [5.41, 5.74) is 1.93. The Labute approximate surface area is 194 Å². The van der Waals surface area contributed by atoms with Gasteiger partial charge in [0.25, 0.3) is 5.91 Å². The quantitative estimate of drug-likeness (QED) is 0.653. The molecule has 0 spiro atoms. The van der Waals surface area contributed by atoms with Crippen molar-refractivity contribution in [3.63, 3.8) is 0 Å². The molecule has 32 heavy (non-hydrogen) atoms. The molecule has 1 saturated heterocycles. The first-order valence-electron chi connectivity index (χ1n) is 11.1. The number of aryl methyl sites for hydroxylation is 1. The molecule has 7 heteroatoms. The lowest BCUT2D eigenvalue weighted by atomic mass is 9.95. The summed E-state index contributed by atoms with van der Waals surface area (Å²) < 4.78 is 0. The maximum absolute atomic E-state index is 12.9. The Kier molecular flexibility index (Phi) is 8.28. The highest BCUT2D eigenvalue weighted by molar-refractivity contribution is 6.31. The molecule has 2 aromatic rings. The van der Waals surface area contributed by atoms with Gasteiger partial charge in [-0.15, -0.1) is 0 Å². The number of halogens is 1. The average molecular weight is 456 g/mol. The third-order valence-corrected chi connectivity index (χ3v) is 5.83. The highest BCUT2D eigenvalue weighted by Crippen LogP contribution is 2.25. The van der Waals surface area contributed by atoms with Gasteiger partial charge in [-0.1, -0.05) is 41.9 Å². The van der Waals surface area contributed by atoms with Crippen LogP contribution in [0.25, 0.3) is 0 Å². The number of nitrogens with zero attached hydrogens (tertiary/aromatic N) is 1. The van der Waals surface area contributed by atoms with Crippen molar-refractivity contribution in [2.24, 2.45) is 5.92 Å². The van der Waals surface area contributed by atoms with Crippen molar-refractivity contribution >= 4 is 35.0 Å². The monoisotopic (exact) mass is 455 g/mol. The van der Waals surface area contributed by atoms with E-state index in [4.69, 9.17) is 11.6 Å². The second-order valence-corrected chi connectivity index (χ2v) is 8.88. The number of anilines is 1. The van der Waals surface area contributed by atoms with Crippen LogP contribution in [0.15, 0.2) is 48.5 Å². The topological polar surface area (TPSA) is 78.5 Å². The van der Waals surface area contributed by atoms with Crippen molar-refractivity contribution in [3.05, 3.63) is 64.7 Å². The third-order valence-electron chi connectivity index (χ3n) is 5.59. The summed E-state index contributed by atoms with van der Waals surface area (Å²) in [5.74, 6) is -0.503. The molecule has 170 valence electrons. The van der Waals surface area contributed by atoms with E-state index < -0.39 is 0 Å². The minimum absolute atomic E-state index is 0.0227. The molecule has 2 N–H and O–H groups in total. The molecule has 0 aliphatic carbocycles. The largest absolute Gasteiger partial charge is 0.350 e. The van der Waals surface area contributed by atoms with Gasteiger partial charge in [-0.2, -0.15) is 0 Å². The van der Waals surface area contributed by atoms with Crippen LogP contribution in [0.3, 0.4) is 0 Å². The van der Waals surface area contributed by atoms with E-state index in [0.29, 0.717) is 48.6 Å². The molecule has 0 bridgehead atoms. The van der Waals surface area contributed by atoms with Crippen LogP contribution in [0.4, 0.5) is 5.69 Å². The van der Waals surface area contributed by atoms with E-state index in [-0.39, 0.29) is 29.7 Å². The summed E-state index contributed by atoms with van der Waals surface area (Å²) in [6.07, 6.45) is 2.38. The average Bonchev–Trinajstić information content (AvgIpc) is 2.78. The molecule has 1 aliphatic rings. The molecule has 3 rings (SSSR count). The second-order valence-electron chi connectivity index (χ2n) is 8.45. The van der Waals surface area contributed by atoms with E-state index in [2.05, 4.69) is 10.6 Å². The lowest BCUT2D eigenvalue weighted by Gasteiger charge is -2.31. The molecule has 0 aromatic heterocycles. The number of benzene rings is 2. The van der Waals surface area contributed by atoms with Crippen LogP contribution < -0.4 is 10.6 Å². The fraction of sp³-hybridized carbons (Fsp3) is 0.400. The Morgan fingerprint density at radius 2 is 1.75 bits per heavy atom. The number of likely N-dealkylation sites (tertiary alicyclic amines) is 1. The summed E-state index contributed by atoms with van der Waals surface area (Å²) in [7, 11) is 0. The van der Waals surface area contributed by atoms with Crippen molar-refractivity contribution < 1.29 is 14.4 Å². The van der Waals surface area contributed by atoms with E-state index in [1.54, 1.807) is 18.2 Å². The number of rotatable bonds is 7. The number of nitrogens with one attached hydrogen (secondary N) is 2. The summed E-state index contributed by atoms with van der Waals surface area (Å²) in [4.78, 5) is 39.7. The lowest BCUT2D eigenvalue weighted by molar-refractivity contribution is -0.134. The van der Waals surface area contributed by atoms with Crippen molar-refractivity contribution in [2.75, 3.05) is 18.4 Å². The maximum atomic E-state index is 12.9. The van der Waals surface area contributed by atoms with Gasteiger partial charge in [-0.05, 0) is 56.9 Å². The number of hydrogen-bond acceptors (Lipinski definition) is 3. The van der Waals surface area contributed by atoms with Crippen molar-refractivity contribution in [1.82, 2.24) is 10.2 Å². The Balaban J connectivity index is 1.54. The molecule has 0 atom stereocenters. The number of piperidine rings is 1. The van der Waals surface area contributed by atoms with Crippen molar-refractivity contribution in [3.8, 4) is 0 Å². The second kappa shape index (κ2) is 11.1. The van der Waals surface area contributed by atoms with E-state index in [1.807, 2.05) is 49.1 Å². The first kappa shape index (κ1) is 23.8. The van der Waals surface area contributed by atoms with Crippen molar-refractivity contribution in [1.29, 1.82) is 0 Å². The molecule has 6 nitrogen and oxygen atoms in total. The molecule has 3 amide bonds. The zero-order chi connectivity index (χ0) is 23.1. The SMILES string of the molecule is CC(C)NC(=O)c1ccc(Cl)cc1NC(=O)C1CCN(C(=O)CCc2ccccc2)CC1. The zero-order valence-electron chi connectivity index (χ0n) is 18.6. The van der Waals surface area contributed by atoms with Crippen LogP contribution in [0, 0.1) is 5.92 Å². The van der Waals surface area contributed by atoms with Gasteiger partial charge < -0.3 is 15.5 Å². The molecule has 2 aromatic carbocycles. The number of carbonyl (C=O) groups is 3. The molecular weight excluding hydrogens is 426 g/mol. The van der Waals surface area contributed by atoms with Gasteiger partial charge >= 0.3 is 0 Å². The highest BCUT2D eigenvalue weighted by Gasteiger charge is 2.28. The molecule has 1 fully saturated rings.